The Balaban J connectivity index is 0.00000364. The molecule has 1 saturated heterocycles. The zero-order valence-corrected chi connectivity index (χ0v) is 19.6. The molecule has 0 spiro atoms. The van der Waals surface area contributed by atoms with Crippen LogP contribution in [-0.2, 0) is 16.6 Å². The van der Waals surface area contributed by atoms with Crippen LogP contribution in [0, 0.1) is 0 Å². The van der Waals surface area contributed by atoms with Gasteiger partial charge in [0, 0.05) is 40.3 Å². The van der Waals surface area contributed by atoms with Crippen LogP contribution >= 0.6 is 24.0 Å². The second-order valence-electron chi connectivity index (χ2n) is 6.53. The number of pyridine rings is 1. The van der Waals surface area contributed by atoms with Gasteiger partial charge in [0.25, 0.3) is 0 Å². The third-order valence-electron chi connectivity index (χ3n) is 4.46. The molecular formula is C17H31IN6O2S. The van der Waals surface area contributed by atoms with Crippen molar-refractivity contribution in [1.29, 1.82) is 0 Å². The third kappa shape index (κ3) is 7.07. The smallest absolute Gasteiger partial charge is 0.213 e. The number of sulfonamides is 1. The van der Waals surface area contributed by atoms with Crippen LogP contribution in [0.25, 0.3) is 0 Å². The number of nitrogens with zero attached hydrogens (tertiary/aromatic N) is 4. The number of anilines is 1. The van der Waals surface area contributed by atoms with E-state index >= 15 is 0 Å². The molecule has 2 N–H and O–H groups in total. The minimum absolute atomic E-state index is 0. The first-order valence-electron chi connectivity index (χ1n) is 8.94. The third-order valence-corrected chi connectivity index (χ3v) is 6.35. The predicted molar refractivity (Wildman–Crippen MR) is 121 cm³/mol. The number of rotatable bonds is 6. The molecule has 0 saturated carbocycles. The Morgan fingerprint density at radius 1 is 1.33 bits per heavy atom. The average Bonchev–Trinajstić information content (AvgIpc) is 2.65. The standard InChI is InChI=1S/C17H30N6O2S.HI/c1-5-26(24,25)23-11-9-14(10-12-23)21-17(18-2)19-13-15-7-6-8-16(20-15)22(3)4;/h6-8,14H,5,9-13H2,1-4H3,(H2,18,19,21);1H. The van der Waals surface area contributed by atoms with Crippen molar-refractivity contribution in [3.8, 4) is 0 Å². The van der Waals surface area contributed by atoms with E-state index < -0.39 is 10.0 Å². The lowest BCUT2D eigenvalue weighted by Gasteiger charge is -2.32. The number of piperidine rings is 1. The Kier molecular flexibility index (Phi) is 9.74. The molecule has 0 aliphatic carbocycles. The molecule has 154 valence electrons. The highest BCUT2D eigenvalue weighted by atomic mass is 127. The maximum atomic E-state index is 11.9. The summed E-state index contributed by atoms with van der Waals surface area (Å²) < 4.78 is 25.4. The topological polar surface area (TPSA) is 89.9 Å². The number of aromatic nitrogens is 1. The number of guanidine groups is 1. The van der Waals surface area contributed by atoms with Crippen LogP contribution in [0.1, 0.15) is 25.5 Å². The van der Waals surface area contributed by atoms with Crippen molar-refractivity contribution >= 4 is 45.8 Å². The van der Waals surface area contributed by atoms with Gasteiger partial charge in [-0.25, -0.2) is 17.7 Å². The Morgan fingerprint density at radius 2 is 2.00 bits per heavy atom. The Hall–Kier alpha value is -1.14. The van der Waals surface area contributed by atoms with Gasteiger partial charge in [0.2, 0.25) is 10.0 Å². The van der Waals surface area contributed by atoms with Gasteiger partial charge in [-0.2, -0.15) is 0 Å². The number of aliphatic imine (C=N–C) groups is 1. The zero-order chi connectivity index (χ0) is 19.2. The van der Waals surface area contributed by atoms with Crippen molar-refractivity contribution in [1.82, 2.24) is 19.9 Å². The van der Waals surface area contributed by atoms with Gasteiger partial charge < -0.3 is 15.5 Å². The van der Waals surface area contributed by atoms with E-state index in [-0.39, 0.29) is 35.8 Å². The van der Waals surface area contributed by atoms with Crippen LogP contribution in [0.15, 0.2) is 23.2 Å². The van der Waals surface area contributed by atoms with Gasteiger partial charge in [-0.3, -0.25) is 4.99 Å². The van der Waals surface area contributed by atoms with Crippen LogP contribution in [0.3, 0.4) is 0 Å². The quantitative estimate of drug-likeness (QED) is 0.340. The zero-order valence-electron chi connectivity index (χ0n) is 16.5. The molecule has 0 bridgehead atoms. The minimum atomic E-state index is -3.09. The van der Waals surface area contributed by atoms with Gasteiger partial charge in [-0.05, 0) is 31.9 Å². The van der Waals surface area contributed by atoms with E-state index in [1.165, 1.54) is 0 Å². The molecule has 8 nitrogen and oxygen atoms in total. The summed E-state index contributed by atoms with van der Waals surface area (Å²) in [5.74, 6) is 1.78. The van der Waals surface area contributed by atoms with Gasteiger partial charge in [-0.15, -0.1) is 24.0 Å². The fourth-order valence-corrected chi connectivity index (χ4v) is 3.97. The maximum Gasteiger partial charge on any atom is 0.213 e. The lowest BCUT2D eigenvalue weighted by molar-refractivity contribution is 0.306. The number of halogens is 1. The Labute approximate surface area is 179 Å². The molecular weight excluding hydrogens is 479 g/mol. The minimum Gasteiger partial charge on any atom is -0.363 e. The van der Waals surface area contributed by atoms with Gasteiger partial charge in [0.1, 0.15) is 5.82 Å². The molecule has 2 heterocycles. The summed E-state index contributed by atoms with van der Waals surface area (Å²) in [7, 11) is 2.57. The van der Waals surface area contributed by atoms with Crippen LogP contribution < -0.4 is 15.5 Å². The van der Waals surface area contributed by atoms with E-state index in [1.54, 1.807) is 18.3 Å². The second kappa shape index (κ2) is 11.0. The summed E-state index contributed by atoms with van der Waals surface area (Å²) in [4.78, 5) is 10.8. The van der Waals surface area contributed by atoms with Crippen LogP contribution in [-0.4, -0.2) is 69.7 Å². The van der Waals surface area contributed by atoms with Crippen molar-refractivity contribution in [3.63, 3.8) is 0 Å². The summed E-state index contributed by atoms with van der Waals surface area (Å²) >= 11 is 0. The monoisotopic (exact) mass is 510 g/mol. The van der Waals surface area contributed by atoms with Crippen molar-refractivity contribution in [2.24, 2.45) is 4.99 Å². The van der Waals surface area contributed by atoms with Crippen LogP contribution in [0.4, 0.5) is 5.82 Å². The van der Waals surface area contributed by atoms with Gasteiger partial charge in [0.15, 0.2) is 5.96 Å². The Bertz CT molecular complexity index is 718. The second-order valence-corrected chi connectivity index (χ2v) is 8.78. The first-order chi connectivity index (χ1) is 12.4. The van der Waals surface area contributed by atoms with Crippen molar-refractivity contribution in [2.45, 2.75) is 32.4 Å². The molecule has 1 aliphatic rings. The van der Waals surface area contributed by atoms with Gasteiger partial charge in [0.05, 0.1) is 18.0 Å². The summed E-state index contributed by atoms with van der Waals surface area (Å²) in [5, 5.41) is 6.66. The summed E-state index contributed by atoms with van der Waals surface area (Å²) in [6, 6.07) is 6.14. The van der Waals surface area contributed by atoms with E-state index in [4.69, 9.17) is 0 Å². The maximum absolute atomic E-state index is 11.9. The molecule has 0 aromatic carbocycles. The highest BCUT2D eigenvalue weighted by molar-refractivity contribution is 14.0. The normalized spacial score (nSPS) is 16.5. The highest BCUT2D eigenvalue weighted by Crippen LogP contribution is 2.14. The largest absolute Gasteiger partial charge is 0.363 e. The summed E-state index contributed by atoms with van der Waals surface area (Å²) in [6.45, 7) is 3.36. The predicted octanol–water partition coefficient (Wildman–Crippen LogP) is 1.24. The lowest BCUT2D eigenvalue weighted by Crippen LogP contribution is -2.49. The first kappa shape index (κ1) is 23.9. The molecule has 0 radical (unpaired) electrons. The fraction of sp³-hybridized carbons (Fsp3) is 0.647. The lowest BCUT2D eigenvalue weighted by atomic mass is 10.1. The molecule has 0 amide bonds. The molecule has 0 atom stereocenters. The number of nitrogens with one attached hydrogen (secondary N) is 2. The van der Waals surface area contributed by atoms with E-state index in [9.17, 15) is 8.42 Å². The summed E-state index contributed by atoms with van der Waals surface area (Å²) in [5.41, 5.74) is 0.933. The van der Waals surface area contributed by atoms with Gasteiger partial charge in [-0.1, -0.05) is 6.07 Å². The molecule has 27 heavy (non-hydrogen) atoms. The average molecular weight is 510 g/mol. The molecule has 10 heteroatoms. The van der Waals surface area contributed by atoms with Crippen LogP contribution in [0.5, 0.6) is 0 Å². The van der Waals surface area contributed by atoms with Crippen LogP contribution in [0.2, 0.25) is 0 Å². The Morgan fingerprint density at radius 3 is 2.56 bits per heavy atom. The van der Waals surface area contributed by atoms with Crippen molar-refractivity contribution in [2.75, 3.05) is 44.9 Å². The molecule has 0 unspecified atom stereocenters. The molecule has 2 rings (SSSR count). The SMILES string of the molecule is CCS(=O)(=O)N1CCC(NC(=NC)NCc2cccc(N(C)C)n2)CC1.I. The van der Waals surface area contributed by atoms with Crippen molar-refractivity contribution in [3.05, 3.63) is 23.9 Å². The molecule has 1 aromatic rings. The number of hydrogen-bond acceptors (Lipinski definition) is 5. The molecule has 1 fully saturated rings. The fourth-order valence-electron chi connectivity index (χ4n) is 2.84. The van der Waals surface area contributed by atoms with E-state index in [0.29, 0.717) is 25.6 Å². The van der Waals surface area contributed by atoms with Gasteiger partial charge >= 0.3 is 0 Å². The number of hydrogen-bond donors (Lipinski definition) is 2. The first-order valence-corrected chi connectivity index (χ1v) is 10.5. The van der Waals surface area contributed by atoms with E-state index in [0.717, 1.165) is 24.4 Å². The highest BCUT2D eigenvalue weighted by Gasteiger charge is 2.26. The van der Waals surface area contributed by atoms with E-state index in [2.05, 4.69) is 20.6 Å². The summed E-state index contributed by atoms with van der Waals surface area (Å²) in [6.07, 6.45) is 1.54. The molecule has 1 aromatic heterocycles. The van der Waals surface area contributed by atoms with Crippen molar-refractivity contribution < 1.29 is 8.42 Å². The van der Waals surface area contributed by atoms with E-state index in [1.807, 2.05) is 37.2 Å². The molecule has 1 aliphatic heterocycles.